The average Bonchev–Trinajstić information content (AvgIpc) is 2.87. The van der Waals surface area contributed by atoms with Crippen molar-refractivity contribution >= 4 is 5.69 Å². The minimum Gasteiger partial charge on any atom is -0.493 e. The van der Waals surface area contributed by atoms with Crippen molar-refractivity contribution in [1.82, 2.24) is 0 Å². The fraction of sp³-hybridized carbons (Fsp3) is 0.600. The third-order valence-corrected chi connectivity index (χ3v) is 4.07. The Morgan fingerprint density at radius 1 is 1.22 bits per heavy atom. The molecule has 3 rings (SSSR count). The molecule has 3 nitrogen and oxygen atoms in total. The Morgan fingerprint density at radius 3 is 2.83 bits per heavy atom. The molecule has 0 saturated heterocycles. The maximum atomic E-state index is 5.53. The summed E-state index contributed by atoms with van der Waals surface area (Å²) in [6.07, 6.45) is 6.25. The molecule has 18 heavy (non-hydrogen) atoms. The van der Waals surface area contributed by atoms with Crippen LogP contribution in [0.5, 0.6) is 5.75 Å². The SMILES string of the molecule is COC1CCC(Nc2ccc3c(c2)CCO3)CC1. The fourth-order valence-corrected chi connectivity index (χ4v) is 2.95. The van der Waals surface area contributed by atoms with Gasteiger partial charge in [-0.05, 0) is 49.4 Å². The molecule has 1 aromatic carbocycles. The van der Waals surface area contributed by atoms with Crippen LogP contribution in [0.4, 0.5) is 5.69 Å². The second kappa shape index (κ2) is 5.19. The third-order valence-electron chi connectivity index (χ3n) is 4.07. The Hall–Kier alpha value is -1.22. The van der Waals surface area contributed by atoms with E-state index in [0.29, 0.717) is 12.1 Å². The van der Waals surface area contributed by atoms with Gasteiger partial charge in [0.15, 0.2) is 0 Å². The molecule has 1 saturated carbocycles. The van der Waals surface area contributed by atoms with Gasteiger partial charge in [0.25, 0.3) is 0 Å². The molecule has 1 aliphatic carbocycles. The topological polar surface area (TPSA) is 30.5 Å². The van der Waals surface area contributed by atoms with Crippen molar-refractivity contribution in [3.8, 4) is 5.75 Å². The molecule has 0 atom stereocenters. The Labute approximate surface area is 108 Å². The lowest BCUT2D eigenvalue weighted by atomic mass is 9.92. The molecule has 0 bridgehead atoms. The molecular formula is C15H21NO2. The predicted molar refractivity (Wildman–Crippen MR) is 72.3 cm³/mol. The number of ether oxygens (including phenoxy) is 2. The van der Waals surface area contributed by atoms with E-state index in [1.807, 2.05) is 7.11 Å². The first-order chi connectivity index (χ1) is 8.85. The highest BCUT2D eigenvalue weighted by Gasteiger charge is 2.21. The van der Waals surface area contributed by atoms with Crippen LogP contribution in [0.2, 0.25) is 0 Å². The molecule has 1 fully saturated rings. The van der Waals surface area contributed by atoms with Crippen molar-refractivity contribution < 1.29 is 9.47 Å². The summed E-state index contributed by atoms with van der Waals surface area (Å²) in [6.45, 7) is 0.831. The number of nitrogens with one attached hydrogen (secondary N) is 1. The van der Waals surface area contributed by atoms with Crippen molar-refractivity contribution in [2.24, 2.45) is 0 Å². The standard InChI is InChI=1S/C15H21NO2/c1-17-14-5-2-12(3-6-14)16-13-4-7-15-11(10-13)8-9-18-15/h4,7,10,12,14,16H,2-3,5-6,8-9H2,1H3. The lowest BCUT2D eigenvalue weighted by Gasteiger charge is -2.29. The lowest BCUT2D eigenvalue weighted by molar-refractivity contribution is 0.0682. The molecule has 0 radical (unpaired) electrons. The molecule has 0 unspecified atom stereocenters. The summed E-state index contributed by atoms with van der Waals surface area (Å²) in [6, 6.07) is 7.06. The van der Waals surface area contributed by atoms with Gasteiger partial charge in [0, 0.05) is 25.3 Å². The van der Waals surface area contributed by atoms with Crippen LogP contribution in [0.25, 0.3) is 0 Å². The summed E-state index contributed by atoms with van der Waals surface area (Å²) in [4.78, 5) is 0. The Balaban J connectivity index is 1.60. The van der Waals surface area contributed by atoms with E-state index in [1.54, 1.807) is 0 Å². The van der Waals surface area contributed by atoms with E-state index < -0.39 is 0 Å². The average molecular weight is 247 g/mol. The van der Waals surface area contributed by atoms with E-state index in [4.69, 9.17) is 9.47 Å². The molecule has 1 N–H and O–H groups in total. The number of hydrogen-bond acceptors (Lipinski definition) is 3. The smallest absolute Gasteiger partial charge is 0.122 e. The maximum absolute atomic E-state index is 5.53. The zero-order chi connectivity index (χ0) is 12.4. The van der Waals surface area contributed by atoms with Gasteiger partial charge in [-0.3, -0.25) is 0 Å². The van der Waals surface area contributed by atoms with Crippen LogP contribution in [0.15, 0.2) is 18.2 Å². The number of hydrogen-bond donors (Lipinski definition) is 1. The van der Waals surface area contributed by atoms with Crippen LogP contribution in [0, 0.1) is 0 Å². The number of anilines is 1. The lowest BCUT2D eigenvalue weighted by Crippen LogP contribution is -2.29. The van der Waals surface area contributed by atoms with Crippen molar-refractivity contribution in [2.45, 2.75) is 44.2 Å². The normalized spacial score (nSPS) is 26.5. The first kappa shape index (κ1) is 11.8. The van der Waals surface area contributed by atoms with E-state index >= 15 is 0 Å². The zero-order valence-corrected chi connectivity index (χ0v) is 10.9. The van der Waals surface area contributed by atoms with Gasteiger partial charge >= 0.3 is 0 Å². The van der Waals surface area contributed by atoms with Gasteiger partial charge < -0.3 is 14.8 Å². The van der Waals surface area contributed by atoms with Crippen LogP contribution in [0.3, 0.4) is 0 Å². The molecule has 0 aromatic heterocycles. The first-order valence-electron chi connectivity index (χ1n) is 6.90. The predicted octanol–water partition coefficient (Wildman–Crippen LogP) is 2.99. The molecule has 0 spiro atoms. The molecule has 2 aliphatic rings. The Bertz CT molecular complexity index is 411. The first-order valence-corrected chi connectivity index (χ1v) is 6.90. The van der Waals surface area contributed by atoms with Gasteiger partial charge in [-0.15, -0.1) is 0 Å². The minimum absolute atomic E-state index is 0.469. The summed E-state index contributed by atoms with van der Waals surface area (Å²) >= 11 is 0. The zero-order valence-electron chi connectivity index (χ0n) is 10.9. The second-order valence-corrected chi connectivity index (χ2v) is 5.27. The van der Waals surface area contributed by atoms with Crippen molar-refractivity contribution in [3.63, 3.8) is 0 Å². The van der Waals surface area contributed by atoms with Gasteiger partial charge in [-0.2, -0.15) is 0 Å². The van der Waals surface area contributed by atoms with Crippen molar-refractivity contribution in [1.29, 1.82) is 0 Å². The van der Waals surface area contributed by atoms with Crippen LogP contribution in [-0.4, -0.2) is 25.9 Å². The van der Waals surface area contributed by atoms with Gasteiger partial charge in [-0.25, -0.2) is 0 Å². The maximum Gasteiger partial charge on any atom is 0.122 e. The molecule has 1 aromatic rings. The summed E-state index contributed by atoms with van der Waals surface area (Å²) in [5, 5.41) is 3.64. The minimum atomic E-state index is 0.469. The number of methoxy groups -OCH3 is 1. The van der Waals surface area contributed by atoms with Gasteiger partial charge in [-0.1, -0.05) is 0 Å². The Morgan fingerprint density at radius 2 is 2.06 bits per heavy atom. The monoisotopic (exact) mass is 247 g/mol. The summed E-state index contributed by atoms with van der Waals surface area (Å²) in [5.41, 5.74) is 2.57. The van der Waals surface area contributed by atoms with Crippen LogP contribution >= 0.6 is 0 Å². The quantitative estimate of drug-likeness (QED) is 0.890. The number of rotatable bonds is 3. The summed E-state index contributed by atoms with van der Waals surface area (Å²) < 4.78 is 10.9. The molecule has 1 heterocycles. The van der Waals surface area contributed by atoms with Gasteiger partial charge in [0.1, 0.15) is 5.75 Å². The van der Waals surface area contributed by atoms with E-state index in [2.05, 4.69) is 23.5 Å². The molecular weight excluding hydrogens is 226 g/mol. The van der Waals surface area contributed by atoms with E-state index in [-0.39, 0.29) is 0 Å². The highest BCUT2D eigenvalue weighted by atomic mass is 16.5. The van der Waals surface area contributed by atoms with Crippen molar-refractivity contribution in [3.05, 3.63) is 23.8 Å². The third kappa shape index (κ3) is 2.46. The van der Waals surface area contributed by atoms with Crippen molar-refractivity contribution in [2.75, 3.05) is 19.0 Å². The highest BCUT2D eigenvalue weighted by Crippen LogP contribution is 2.29. The molecule has 1 aliphatic heterocycles. The second-order valence-electron chi connectivity index (χ2n) is 5.27. The fourth-order valence-electron chi connectivity index (χ4n) is 2.95. The summed E-state index contributed by atoms with van der Waals surface area (Å²) in [7, 11) is 1.82. The molecule has 98 valence electrons. The summed E-state index contributed by atoms with van der Waals surface area (Å²) in [5.74, 6) is 1.06. The van der Waals surface area contributed by atoms with E-state index in [1.165, 1.54) is 36.9 Å². The Kier molecular flexibility index (Phi) is 3.41. The van der Waals surface area contributed by atoms with E-state index in [9.17, 15) is 0 Å². The van der Waals surface area contributed by atoms with Gasteiger partial charge in [0.2, 0.25) is 0 Å². The number of fused-ring (bicyclic) bond motifs is 1. The molecule has 3 heteroatoms. The molecule has 0 amide bonds. The van der Waals surface area contributed by atoms with Crippen LogP contribution < -0.4 is 10.1 Å². The van der Waals surface area contributed by atoms with Crippen LogP contribution in [0.1, 0.15) is 31.2 Å². The largest absolute Gasteiger partial charge is 0.493 e. The number of benzene rings is 1. The van der Waals surface area contributed by atoms with Gasteiger partial charge in [0.05, 0.1) is 12.7 Å². The highest BCUT2D eigenvalue weighted by molar-refractivity contribution is 5.53. The van der Waals surface area contributed by atoms with Crippen LogP contribution in [-0.2, 0) is 11.2 Å². The van der Waals surface area contributed by atoms with E-state index in [0.717, 1.165) is 18.8 Å².